The van der Waals surface area contributed by atoms with E-state index in [4.69, 9.17) is 28.4 Å². The molecule has 3 fully saturated rings. The van der Waals surface area contributed by atoms with Gasteiger partial charge in [0.2, 0.25) is 0 Å². The minimum atomic E-state index is 0.123. The van der Waals surface area contributed by atoms with Crippen molar-refractivity contribution in [2.24, 2.45) is 22.7 Å². The van der Waals surface area contributed by atoms with Gasteiger partial charge in [-0.25, -0.2) is 0 Å². The lowest BCUT2D eigenvalue weighted by molar-refractivity contribution is -0.142. The van der Waals surface area contributed by atoms with E-state index in [9.17, 15) is 0 Å². The highest BCUT2D eigenvalue weighted by molar-refractivity contribution is 4.88. The van der Waals surface area contributed by atoms with Crippen LogP contribution in [-0.2, 0) is 28.4 Å². The molecule has 0 radical (unpaired) electrons. The van der Waals surface area contributed by atoms with E-state index in [0.29, 0.717) is 75.5 Å². The van der Waals surface area contributed by atoms with E-state index in [1.807, 2.05) is 0 Å². The first kappa shape index (κ1) is 28.3. The molecule has 3 aliphatic rings. The predicted molar refractivity (Wildman–Crippen MR) is 134 cm³/mol. The van der Waals surface area contributed by atoms with Crippen LogP contribution in [0.4, 0.5) is 0 Å². The summed E-state index contributed by atoms with van der Waals surface area (Å²) < 4.78 is 36.8. The van der Waals surface area contributed by atoms with Crippen molar-refractivity contribution in [2.75, 3.05) is 52.9 Å². The van der Waals surface area contributed by atoms with Crippen LogP contribution in [-0.4, -0.2) is 77.3 Å². The van der Waals surface area contributed by atoms with Crippen LogP contribution in [0.1, 0.15) is 80.1 Å². The Morgan fingerprint density at radius 1 is 0.412 bits per heavy atom. The number of hydrogen-bond donors (Lipinski definition) is 0. The van der Waals surface area contributed by atoms with Gasteiger partial charge in [0, 0.05) is 0 Å². The lowest BCUT2D eigenvalue weighted by atomic mass is 9.71. The number of rotatable bonds is 0. The molecule has 2 aliphatic carbocycles. The van der Waals surface area contributed by atoms with Crippen molar-refractivity contribution in [3.8, 4) is 0 Å². The van der Waals surface area contributed by atoms with Gasteiger partial charge in [0.15, 0.2) is 0 Å². The van der Waals surface area contributed by atoms with E-state index in [1.165, 1.54) is 12.8 Å². The first-order chi connectivity index (χ1) is 16.1. The summed E-state index contributed by atoms with van der Waals surface area (Å²) in [4.78, 5) is 0. The zero-order valence-electron chi connectivity index (χ0n) is 22.8. The molecule has 6 atom stereocenters. The van der Waals surface area contributed by atoms with Crippen LogP contribution in [0.2, 0.25) is 0 Å². The molecule has 1 aliphatic heterocycles. The Kier molecular flexibility index (Phi) is 11.1. The second-order valence-electron chi connectivity index (χ2n) is 12.6. The van der Waals surface area contributed by atoms with E-state index in [1.54, 1.807) is 0 Å². The lowest BCUT2D eigenvalue weighted by Gasteiger charge is -2.41. The van der Waals surface area contributed by atoms with E-state index in [0.717, 1.165) is 25.7 Å². The van der Waals surface area contributed by atoms with Crippen molar-refractivity contribution in [2.45, 2.75) is 104 Å². The first-order valence-electron chi connectivity index (χ1n) is 13.8. The van der Waals surface area contributed by atoms with Gasteiger partial charge in [0.1, 0.15) is 0 Å². The van der Waals surface area contributed by atoms with Crippen molar-refractivity contribution in [1.29, 1.82) is 0 Å². The van der Waals surface area contributed by atoms with Crippen molar-refractivity contribution < 1.29 is 28.4 Å². The van der Waals surface area contributed by atoms with Crippen molar-refractivity contribution in [3.05, 3.63) is 0 Å². The van der Waals surface area contributed by atoms with E-state index >= 15 is 0 Å². The molecule has 34 heavy (non-hydrogen) atoms. The summed E-state index contributed by atoms with van der Waals surface area (Å²) in [5, 5.41) is 0. The molecule has 1 heterocycles. The zero-order chi connectivity index (χ0) is 24.6. The normalized spacial score (nSPS) is 36.5. The Hall–Kier alpha value is -0.240. The van der Waals surface area contributed by atoms with Gasteiger partial charge in [-0.15, -0.1) is 0 Å². The van der Waals surface area contributed by atoms with Crippen LogP contribution in [0.5, 0.6) is 0 Å². The van der Waals surface area contributed by atoms with Gasteiger partial charge in [-0.05, 0) is 61.2 Å². The average Bonchev–Trinajstić information content (AvgIpc) is 2.77. The van der Waals surface area contributed by atoms with E-state index < -0.39 is 0 Å². The van der Waals surface area contributed by atoms with Gasteiger partial charge in [0.25, 0.3) is 0 Å². The van der Waals surface area contributed by atoms with Crippen molar-refractivity contribution in [3.63, 3.8) is 0 Å². The van der Waals surface area contributed by atoms with Gasteiger partial charge in [0.05, 0.1) is 77.3 Å². The Balaban J connectivity index is 1.52. The van der Waals surface area contributed by atoms with E-state index in [-0.39, 0.29) is 24.4 Å². The molecule has 1 saturated heterocycles. The van der Waals surface area contributed by atoms with Gasteiger partial charge in [-0.1, -0.05) is 41.5 Å². The Morgan fingerprint density at radius 2 is 0.735 bits per heavy atom. The molecule has 3 rings (SSSR count). The number of fused-ring (bicyclic) bond motifs is 2. The highest BCUT2D eigenvalue weighted by Gasteiger charge is 2.38. The first-order valence-corrected chi connectivity index (χ1v) is 13.8. The summed E-state index contributed by atoms with van der Waals surface area (Å²) in [5.74, 6) is 1.30. The quantitative estimate of drug-likeness (QED) is 0.467. The predicted octanol–water partition coefficient (Wildman–Crippen LogP) is 5.27. The molecule has 6 heteroatoms. The standard InChI is InChI=1S/C28H52O6/c1-27(2,3)21-7-9-23-25(19-21)33-17-13-30-14-18-34-26-20-22(28(4,5)6)8-10-24(26)32-16-12-29-11-15-31-23/h21-26H,7-20H2,1-6H3/t21-,22-,23-,24-,25-,26+/m1/s1. The van der Waals surface area contributed by atoms with Crippen molar-refractivity contribution >= 4 is 0 Å². The molecule has 6 nitrogen and oxygen atoms in total. The molecule has 0 spiro atoms. The topological polar surface area (TPSA) is 55.4 Å². The largest absolute Gasteiger partial charge is 0.377 e. The van der Waals surface area contributed by atoms with Gasteiger partial charge in [-0.3, -0.25) is 0 Å². The molecule has 0 bridgehead atoms. The highest BCUT2D eigenvalue weighted by atomic mass is 16.6. The molecule has 0 aromatic heterocycles. The molecular weight excluding hydrogens is 432 g/mol. The lowest BCUT2D eigenvalue weighted by Crippen LogP contribution is -2.43. The second-order valence-corrected chi connectivity index (χ2v) is 12.6. The van der Waals surface area contributed by atoms with Crippen LogP contribution in [0.25, 0.3) is 0 Å². The summed E-state index contributed by atoms with van der Waals surface area (Å²) in [5.41, 5.74) is 0.584. The van der Waals surface area contributed by atoms with Crippen LogP contribution in [0.3, 0.4) is 0 Å². The maximum atomic E-state index is 6.30. The summed E-state index contributed by atoms with van der Waals surface area (Å²) >= 11 is 0. The maximum absolute atomic E-state index is 6.30. The Bertz CT molecular complexity index is 520. The van der Waals surface area contributed by atoms with Gasteiger partial charge in [-0.2, -0.15) is 0 Å². The third-order valence-electron chi connectivity index (χ3n) is 8.15. The van der Waals surface area contributed by atoms with Crippen LogP contribution >= 0.6 is 0 Å². The molecule has 0 unspecified atom stereocenters. The molecular formula is C28H52O6. The SMILES string of the molecule is CC(C)(C)[C@@H]1CC[C@H]2OCCOCCO[C@@H]3CC[C@@H](C(C)(C)C)C[C@H]3OCCOCCO[C@H]2C1. The van der Waals surface area contributed by atoms with Crippen LogP contribution < -0.4 is 0 Å². The van der Waals surface area contributed by atoms with Crippen LogP contribution in [0.15, 0.2) is 0 Å². The second kappa shape index (κ2) is 13.3. The molecule has 200 valence electrons. The van der Waals surface area contributed by atoms with Crippen LogP contribution in [0, 0.1) is 22.7 Å². The smallest absolute Gasteiger partial charge is 0.0840 e. The monoisotopic (exact) mass is 484 g/mol. The third-order valence-corrected chi connectivity index (χ3v) is 8.15. The Labute approximate surface area is 208 Å². The molecule has 0 N–H and O–H groups in total. The summed E-state index contributed by atoms with van der Waals surface area (Å²) in [7, 11) is 0. The molecule has 2 saturated carbocycles. The number of ether oxygens (including phenoxy) is 6. The van der Waals surface area contributed by atoms with Crippen molar-refractivity contribution in [1.82, 2.24) is 0 Å². The minimum absolute atomic E-state index is 0.123. The number of hydrogen-bond acceptors (Lipinski definition) is 6. The average molecular weight is 485 g/mol. The minimum Gasteiger partial charge on any atom is -0.377 e. The van der Waals surface area contributed by atoms with Gasteiger partial charge >= 0.3 is 0 Å². The Morgan fingerprint density at radius 3 is 1.06 bits per heavy atom. The molecule has 0 aromatic rings. The fourth-order valence-corrected chi connectivity index (χ4v) is 5.75. The summed E-state index contributed by atoms with van der Waals surface area (Å²) in [6, 6.07) is 0. The fraction of sp³-hybridized carbons (Fsp3) is 1.00. The third kappa shape index (κ3) is 9.01. The molecule has 0 amide bonds. The van der Waals surface area contributed by atoms with Gasteiger partial charge < -0.3 is 28.4 Å². The summed E-state index contributed by atoms with van der Waals surface area (Å²) in [6.07, 6.45) is 7.08. The molecule has 0 aromatic carbocycles. The van der Waals surface area contributed by atoms with E-state index in [2.05, 4.69) is 41.5 Å². The highest BCUT2D eigenvalue weighted by Crippen LogP contribution is 2.41. The summed E-state index contributed by atoms with van der Waals surface area (Å²) in [6.45, 7) is 18.8. The fourth-order valence-electron chi connectivity index (χ4n) is 5.75. The maximum Gasteiger partial charge on any atom is 0.0840 e. The zero-order valence-corrected chi connectivity index (χ0v) is 22.8.